The highest BCUT2D eigenvalue weighted by Crippen LogP contribution is 2.43. The molecule has 6 rings (SSSR count). The molecule has 1 spiro atoms. The second-order valence-corrected chi connectivity index (χ2v) is 12.1. The van der Waals surface area contributed by atoms with Gasteiger partial charge < -0.3 is 24.8 Å². The Morgan fingerprint density at radius 3 is 2.40 bits per heavy atom. The van der Waals surface area contributed by atoms with Crippen LogP contribution in [0.15, 0.2) is 54.7 Å². The summed E-state index contributed by atoms with van der Waals surface area (Å²) in [6, 6.07) is 11.1. The Hall–Kier alpha value is -4.72. The third-order valence-corrected chi connectivity index (χ3v) is 8.91. The third-order valence-electron chi connectivity index (χ3n) is 8.91. The molecule has 0 bridgehead atoms. The van der Waals surface area contributed by atoms with E-state index in [2.05, 4.69) is 20.4 Å². The van der Waals surface area contributed by atoms with Gasteiger partial charge in [0.1, 0.15) is 17.7 Å². The average molecular weight is 655 g/mol. The van der Waals surface area contributed by atoms with Crippen molar-refractivity contribution in [2.24, 2.45) is 5.41 Å². The molecule has 1 unspecified atom stereocenters. The van der Waals surface area contributed by atoms with E-state index >= 15 is 0 Å². The van der Waals surface area contributed by atoms with Crippen molar-refractivity contribution in [1.82, 2.24) is 25.1 Å². The Balaban J connectivity index is 1.31. The summed E-state index contributed by atoms with van der Waals surface area (Å²) in [4.78, 5) is 22.1. The Bertz CT molecular complexity index is 1790. The number of alkyl halides is 3. The second kappa shape index (κ2) is 12.5. The van der Waals surface area contributed by atoms with Crippen LogP contribution >= 0.6 is 0 Å². The zero-order chi connectivity index (χ0) is 33.5. The van der Waals surface area contributed by atoms with E-state index in [4.69, 9.17) is 9.47 Å². The Morgan fingerprint density at radius 2 is 1.79 bits per heavy atom. The van der Waals surface area contributed by atoms with E-state index in [9.17, 15) is 27.5 Å². The van der Waals surface area contributed by atoms with Crippen molar-refractivity contribution in [3.8, 4) is 28.4 Å². The molecular formula is C33H34F4N6O4. The number of halogens is 4. The Morgan fingerprint density at radius 1 is 1.06 bits per heavy atom. The lowest BCUT2D eigenvalue weighted by Gasteiger charge is -2.39. The molecule has 0 saturated carbocycles. The molecule has 2 aromatic heterocycles. The highest BCUT2D eigenvalue weighted by molar-refractivity contribution is 5.74. The SMILES string of the molecule is COc1ccc(-c2ccc([C@@H](Oc3cc(N4CCC5(CC4)CNC(C(=O)O)C5)nc(C)n3)C(F)(F)F)c(-n3ccc(C)n3)c2)cc1F. The number of nitrogens with one attached hydrogen (secondary N) is 1. The van der Waals surface area contributed by atoms with Crippen molar-refractivity contribution >= 4 is 11.8 Å². The number of aromatic nitrogens is 4. The van der Waals surface area contributed by atoms with Gasteiger partial charge in [0, 0.05) is 37.5 Å². The Kier molecular flexibility index (Phi) is 8.55. The quantitative estimate of drug-likeness (QED) is 0.227. The van der Waals surface area contributed by atoms with E-state index < -0.39 is 30.1 Å². The van der Waals surface area contributed by atoms with Gasteiger partial charge in [0.2, 0.25) is 12.0 Å². The number of ether oxygens (including phenoxy) is 2. The maximum atomic E-state index is 14.8. The second-order valence-electron chi connectivity index (χ2n) is 12.1. The molecule has 0 amide bonds. The lowest BCUT2D eigenvalue weighted by atomic mass is 9.76. The maximum absolute atomic E-state index is 14.8. The van der Waals surface area contributed by atoms with Crippen LogP contribution in [0.2, 0.25) is 0 Å². The number of hydrogen-bond donors (Lipinski definition) is 2. The smallest absolute Gasteiger partial charge is 0.429 e. The van der Waals surface area contributed by atoms with E-state index in [0.717, 1.165) is 0 Å². The van der Waals surface area contributed by atoms with Crippen molar-refractivity contribution < 1.29 is 36.9 Å². The summed E-state index contributed by atoms with van der Waals surface area (Å²) in [6.07, 6.45) is -3.76. The standard InChI is InChI=1S/C33H34F4N6O4/c1-19-8-11-43(41-19)26-15-22(21-5-7-27(46-3)24(34)14-21)4-6-23(26)30(33(35,36)37)47-29-16-28(39-20(2)40-29)42-12-9-32(10-13-42)17-25(31(44)45)38-18-32/h4-8,11,14-16,25,30,38H,9-10,12-13,17-18H2,1-3H3,(H,44,45)/t25?,30-/m1/s1. The zero-order valence-corrected chi connectivity index (χ0v) is 26.0. The highest BCUT2D eigenvalue weighted by Gasteiger charge is 2.46. The Labute approximate surface area is 268 Å². The van der Waals surface area contributed by atoms with Gasteiger partial charge in [-0.2, -0.15) is 23.3 Å². The van der Waals surface area contributed by atoms with Gasteiger partial charge in [-0.3, -0.25) is 4.79 Å². The first-order chi connectivity index (χ1) is 22.3. The predicted octanol–water partition coefficient (Wildman–Crippen LogP) is 5.81. The van der Waals surface area contributed by atoms with Crippen LogP contribution in [-0.4, -0.2) is 69.8 Å². The van der Waals surface area contributed by atoms with Gasteiger partial charge in [0.25, 0.3) is 0 Å². The zero-order valence-electron chi connectivity index (χ0n) is 26.0. The van der Waals surface area contributed by atoms with Crippen LogP contribution in [-0.2, 0) is 4.79 Å². The van der Waals surface area contributed by atoms with E-state index in [1.165, 1.54) is 48.2 Å². The molecule has 248 valence electrons. The number of anilines is 1. The molecule has 2 fully saturated rings. The van der Waals surface area contributed by atoms with Gasteiger partial charge in [-0.25, -0.2) is 14.1 Å². The number of carboxylic acid groups (broad SMARTS) is 1. The summed E-state index contributed by atoms with van der Waals surface area (Å²) in [5.74, 6) is -0.995. The van der Waals surface area contributed by atoms with Crippen LogP contribution in [0, 0.1) is 25.1 Å². The minimum atomic E-state index is -4.85. The number of aryl methyl sites for hydroxylation is 2. The van der Waals surface area contributed by atoms with Gasteiger partial charge in [-0.05, 0) is 73.9 Å². The van der Waals surface area contributed by atoms with Crippen molar-refractivity contribution in [3.63, 3.8) is 0 Å². The molecule has 2 aromatic carbocycles. The van der Waals surface area contributed by atoms with E-state index in [1.807, 2.05) is 4.90 Å². The summed E-state index contributed by atoms with van der Waals surface area (Å²) < 4.78 is 71.1. The molecule has 2 N–H and O–H groups in total. The molecular weight excluding hydrogens is 620 g/mol. The first-order valence-electron chi connectivity index (χ1n) is 15.1. The fraction of sp³-hybridized carbons (Fsp3) is 0.394. The van der Waals surface area contributed by atoms with Crippen LogP contribution in [0.25, 0.3) is 16.8 Å². The van der Waals surface area contributed by atoms with Gasteiger partial charge in [-0.15, -0.1) is 0 Å². The van der Waals surface area contributed by atoms with Crippen LogP contribution < -0.4 is 19.7 Å². The molecule has 14 heteroatoms. The molecule has 2 aliphatic heterocycles. The van der Waals surface area contributed by atoms with Gasteiger partial charge >= 0.3 is 12.1 Å². The van der Waals surface area contributed by atoms with Gasteiger partial charge in [0.15, 0.2) is 11.6 Å². The van der Waals surface area contributed by atoms with Crippen molar-refractivity contribution in [2.45, 2.75) is 51.4 Å². The molecule has 4 heterocycles. The largest absolute Gasteiger partial charge is 0.494 e. The van der Waals surface area contributed by atoms with Crippen molar-refractivity contribution in [1.29, 1.82) is 0 Å². The summed E-state index contributed by atoms with van der Waals surface area (Å²) in [5, 5.41) is 16.8. The highest BCUT2D eigenvalue weighted by atomic mass is 19.4. The normalized spacial score (nSPS) is 18.4. The van der Waals surface area contributed by atoms with E-state index in [1.54, 1.807) is 32.2 Å². The number of nitrogens with zero attached hydrogens (tertiary/aromatic N) is 5. The number of rotatable bonds is 8. The fourth-order valence-electron chi connectivity index (χ4n) is 6.40. The maximum Gasteiger partial charge on any atom is 0.429 e. The summed E-state index contributed by atoms with van der Waals surface area (Å²) in [7, 11) is 1.35. The van der Waals surface area contributed by atoms with Crippen LogP contribution in [0.1, 0.15) is 42.4 Å². The lowest BCUT2D eigenvalue weighted by Crippen LogP contribution is -2.41. The van der Waals surface area contributed by atoms with Crippen molar-refractivity contribution in [2.75, 3.05) is 31.6 Å². The van der Waals surface area contributed by atoms with Crippen molar-refractivity contribution in [3.05, 3.63) is 77.6 Å². The van der Waals surface area contributed by atoms with Crippen LogP contribution in [0.4, 0.5) is 23.4 Å². The van der Waals surface area contributed by atoms with Crippen LogP contribution in [0.3, 0.4) is 0 Å². The molecule has 2 atom stereocenters. The molecule has 47 heavy (non-hydrogen) atoms. The predicted molar refractivity (Wildman–Crippen MR) is 164 cm³/mol. The topological polar surface area (TPSA) is 115 Å². The molecule has 0 aliphatic carbocycles. The number of carbonyl (C=O) groups is 1. The number of piperidine rings is 1. The van der Waals surface area contributed by atoms with Crippen LogP contribution in [0.5, 0.6) is 11.6 Å². The first kappa shape index (κ1) is 32.2. The van der Waals surface area contributed by atoms with E-state index in [0.29, 0.717) is 61.5 Å². The number of hydrogen-bond acceptors (Lipinski definition) is 8. The molecule has 2 saturated heterocycles. The number of carboxylic acids is 1. The molecule has 2 aliphatic rings. The van der Waals surface area contributed by atoms with E-state index in [-0.39, 0.29) is 34.1 Å². The molecule has 0 radical (unpaired) electrons. The molecule has 10 nitrogen and oxygen atoms in total. The minimum absolute atomic E-state index is 0.0461. The summed E-state index contributed by atoms with van der Waals surface area (Å²) in [6.45, 7) is 5.03. The number of aliphatic carboxylic acids is 1. The monoisotopic (exact) mass is 654 g/mol. The first-order valence-corrected chi connectivity index (χ1v) is 15.1. The fourth-order valence-corrected chi connectivity index (χ4v) is 6.40. The summed E-state index contributed by atoms with van der Waals surface area (Å²) >= 11 is 0. The van der Waals surface area contributed by atoms with Gasteiger partial charge in [0.05, 0.1) is 18.5 Å². The minimum Gasteiger partial charge on any atom is -0.494 e. The van der Waals surface area contributed by atoms with Gasteiger partial charge in [-0.1, -0.05) is 18.2 Å². The third kappa shape index (κ3) is 6.73. The number of benzene rings is 2. The summed E-state index contributed by atoms with van der Waals surface area (Å²) in [5.41, 5.74) is 1.25. The lowest BCUT2D eigenvalue weighted by molar-refractivity contribution is -0.198. The molecule has 4 aromatic rings. The average Bonchev–Trinajstić information content (AvgIpc) is 3.66. The number of methoxy groups -OCH3 is 1.